The molecule has 3 aromatic rings. The van der Waals surface area contributed by atoms with Gasteiger partial charge in [-0.2, -0.15) is 5.10 Å². The average Bonchev–Trinajstić information content (AvgIpc) is 3.34. The van der Waals surface area contributed by atoms with E-state index >= 15 is 0 Å². The predicted octanol–water partition coefficient (Wildman–Crippen LogP) is 6.27. The maximum absolute atomic E-state index is 13.1. The van der Waals surface area contributed by atoms with Crippen LogP contribution in [0.2, 0.25) is 0 Å². The van der Waals surface area contributed by atoms with Crippen molar-refractivity contribution in [3.8, 4) is 22.7 Å². The van der Waals surface area contributed by atoms with E-state index < -0.39 is 0 Å². The van der Waals surface area contributed by atoms with Gasteiger partial charge in [0.1, 0.15) is 22.4 Å². The van der Waals surface area contributed by atoms with Crippen molar-refractivity contribution in [2.45, 2.75) is 20.8 Å². The van der Waals surface area contributed by atoms with Crippen LogP contribution in [-0.4, -0.2) is 38.1 Å². The fourth-order valence-corrected chi connectivity index (χ4v) is 4.99. The second-order valence-corrected chi connectivity index (χ2v) is 10.2. The van der Waals surface area contributed by atoms with E-state index in [1.165, 1.54) is 11.8 Å². The highest BCUT2D eigenvalue weighted by Crippen LogP contribution is 2.36. The fraction of sp³-hybridized carbons (Fsp3) is 0.222. The number of carbonyl (C=O) groups excluding carboxylic acids is 1. The van der Waals surface area contributed by atoms with E-state index in [0.29, 0.717) is 28.3 Å². The van der Waals surface area contributed by atoms with Gasteiger partial charge >= 0.3 is 0 Å². The monoisotopic (exact) mass is 489 g/mol. The first-order chi connectivity index (χ1) is 16.4. The Balaban J connectivity index is 1.78. The molecule has 1 fully saturated rings. The van der Waals surface area contributed by atoms with Crippen molar-refractivity contribution in [1.82, 2.24) is 14.7 Å². The lowest BCUT2D eigenvalue weighted by Crippen LogP contribution is -2.31. The van der Waals surface area contributed by atoms with Crippen LogP contribution in [0.1, 0.15) is 25.0 Å². The summed E-state index contributed by atoms with van der Waals surface area (Å²) >= 11 is 6.84. The number of para-hydroxylation sites is 1. The molecule has 1 saturated heterocycles. The van der Waals surface area contributed by atoms with E-state index in [1.807, 2.05) is 72.4 Å². The highest BCUT2D eigenvalue weighted by molar-refractivity contribution is 8.26. The first kappa shape index (κ1) is 24.0. The van der Waals surface area contributed by atoms with Gasteiger partial charge in [-0.15, -0.1) is 0 Å². The number of ether oxygens (including phenoxy) is 1. The van der Waals surface area contributed by atoms with Gasteiger partial charge in [-0.3, -0.25) is 9.69 Å². The molecule has 0 bridgehead atoms. The number of benzene rings is 2. The van der Waals surface area contributed by atoms with Crippen molar-refractivity contribution in [3.63, 3.8) is 0 Å². The van der Waals surface area contributed by atoms with E-state index in [4.69, 9.17) is 22.1 Å². The summed E-state index contributed by atoms with van der Waals surface area (Å²) in [6, 6.07) is 15.9. The van der Waals surface area contributed by atoms with Gasteiger partial charge in [0, 0.05) is 23.9 Å². The molecule has 0 unspecified atom stereocenters. The summed E-state index contributed by atoms with van der Waals surface area (Å²) in [5.74, 6) is 1.06. The fourth-order valence-electron chi connectivity index (χ4n) is 3.73. The molecule has 2 heterocycles. The molecule has 4 rings (SSSR count). The van der Waals surface area contributed by atoms with Crippen LogP contribution in [0.25, 0.3) is 23.0 Å². The Kier molecular flexibility index (Phi) is 7.34. The number of aromatic nitrogens is 2. The minimum atomic E-state index is -0.0491. The highest BCUT2D eigenvalue weighted by atomic mass is 32.2. The summed E-state index contributed by atoms with van der Waals surface area (Å²) < 4.78 is 8.13. The second-order valence-electron chi connectivity index (χ2n) is 8.48. The van der Waals surface area contributed by atoms with Crippen molar-refractivity contribution >= 4 is 40.3 Å². The van der Waals surface area contributed by atoms with Gasteiger partial charge in [0.25, 0.3) is 5.91 Å². The van der Waals surface area contributed by atoms with Crippen LogP contribution in [0.3, 0.4) is 0 Å². The summed E-state index contributed by atoms with van der Waals surface area (Å²) in [7, 11) is 0. The molecule has 1 aliphatic rings. The molecule has 0 radical (unpaired) electrons. The number of nitrogens with zero attached hydrogens (tertiary/aromatic N) is 3. The molecule has 0 N–H and O–H groups in total. The van der Waals surface area contributed by atoms with E-state index in [-0.39, 0.29) is 5.91 Å². The van der Waals surface area contributed by atoms with Crippen LogP contribution in [0.15, 0.2) is 72.3 Å². The first-order valence-corrected chi connectivity index (χ1v) is 12.3. The molecule has 5 nitrogen and oxygen atoms in total. The Bertz CT molecular complexity index is 1260. The Labute approximate surface area is 210 Å². The Morgan fingerprint density at radius 2 is 1.97 bits per heavy atom. The lowest BCUT2D eigenvalue weighted by Gasteiger charge is -2.16. The van der Waals surface area contributed by atoms with E-state index in [9.17, 15) is 4.79 Å². The number of amides is 1. The van der Waals surface area contributed by atoms with E-state index in [2.05, 4.69) is 20.4 Å². The number of aryl methyl sites for hydroxylation is 1. The zero-order chi connectivity index (χ0) is 24.2. The van der Waals surface area contributed by atoms with Crippen molar-refractivity contribution in [2.75, 3.05) is 13.2 Å². The molecule has 2 aromatic carbocycles. The van der Waals surface area contributed by atoms with Gasteiger partial charge in [-0.1, -0.05) is 68.7 Å². The number of hydrogen-bond acceptors (Lipinski definition) is 5. The Morgan fingerprint density at radius 1 is 1.21 bits per heavy atom. The summed E-state index contributed by atoms with van der Waals surface area (Å²) in [5, 5.41) is 4.90. The third-order valence-electron chi connectivity index (χ3n) is 5.29. The summed E-state index contributed by atoms with van der Waals surface area (Å²) in [6.45, 7) is 11.0. The van der Waals surface area contributed by atoms with Crippen molar-refractivity contribution in [1.29, 1.82) is 0 Å². The van der Waals surface area contributed by atoms with E-state index in [1.54, 1.807) is 11.0 Å². The molecule has 1 aromatic heterocycles. The Morgan fingerprint density at radius 3 is 2.65 bits per heavy atom. The van der Waals surface area contributed by atoms with Crippen molar-refractivity contribution < 1.29 is 9.53 Å². The van der Waals surface area contributed by atoms with Crippen molar-refractivity contribution in [2.24, 2.45) is 5.92 Å². The van der Waals surface area contributed by atoms with Gasteiger partial charge in [0.15, 0.2) is 0 Å². The van der Waals surface area contributed by atoms with Gasteiger partial charge in [-0.25, -0.2) is 4.68 Å². The summed E-state index contributed by atoms with van der Waals surface area (Å²) in [5.41, 5.74) is 4.60. The Hall–Kier alpha value is -3.16. The largest absolute Gasteiger partial charge is 0.490 e. The van der Waals surface area contributed by atoms with Crippen LogP contribution in [0.4, 0.5) is 0 Å². The molecule has 1 aliphatic heterocycles. The minimum absolute atomic E-state index is 0.0491. The van der Waals surface area contributed by atoms with Gasteiger partial charge in [0.2, 0.25) is 0 Å². The maximum atomic E-state index is 13.1. The number of rotatable bonds is 8. The number of carbonyl (C=O) groups is 1. The second kappa shape index (κ2) is 10.4. The molecule has 34 heavy (non-hydrogen) atoms. The predicted molar refractivity (Wildman–Crippen MR) is 144 cm³/mol. The number of thioether (sulfide) groups is 1. The number of hydrogen-bond donors (Lipinski definition) is 0. The molecule has 1 amide bonds. The van der Waals surface area contributed by atoms with Crippen LogP contribution in [0.5, 0.6) is 5.75 Å². The van der Waals surface area contributed by atoms with Crippen LogP contribution < -0.4 is 4.74 Å². The lowest BCUT2D eigenvalue weighted by molar-refractivity contribution is -0.122. The van der Waals surface area contributed by atoms with Gasteiger partial charge < -0.3 is 4.74 Å². The van der Waals surface area contributed by atoms with Crippen LogP contribution in [-0.2, 0) is 4.79 Å². The molecule has 7 heteroatoms. The maximum Gasteiger partial charge on any atom is 0.266 e. The molecule has 174 valence electrons. The highest BCUT2D eigenvalue weighted by Gasteiger charge is 2.32. The third-order valence-corrected chi connectivity index (χ3v) is 6.67. The molecule has 0 atom stereocenters. The third kappa shape index (κ3) is 5.16. The van der Waals surface area contributed by atoms with E-state index in [0.717, 1.165) is 33.8 Å². The van der Waals surface area contributed by atoms with Crippen LogP contribution >= 0.6 is 24.0 Å². The first-order valence-electron chi connectivity index (χ1n) is 11.1. The van der Waals surface area contributed by atoms with Crippen molar-refractivity contribution in [3.05, 3.63) is 83.4 Å². The SMILES string of the molecule is C=CCOc1ccc(-c2nn(-c3ccccc3)cc2/C=C2\SC(=S)N(CC(C)C)C2=O)c(C)c1. The molecular weight excluding hydrogens is 462 g/mol. The quantitative estimate of drug-likeness (QED) is 0.212. The van der Waals surface area contributed by atoms with Crippen LogP contribution in [0, 0.1) is 12.8 Å². The lowest BCUT2D eigenvalue weighted by atomic mass is 10.0. The average molecular weight is 490 g/mol. The molecule has 0 spiro atoms. The van der Waals surface area contributed by atoms with Gasteiger partial charge in [0.05, 0.1) is 10.6 Å². The zero-order valence-electron chi connectivity index (χ0n) is 19.5. The minimum Gasteiger partial charge on any atom is -0.490 e. The normalized spacial score (nSPS) is 14.9. The molecule has 0 saturated carbocycles. The molecular formula is C27H27N3O2S2. The van der Waals surface area contributed by atoms with Gasteiger partial charge in [-0.05, 0) is 54.8 Å². The number of thiocarbonyl (C=S) groups is 1. The standard InChI is InChI=1S/C27H27N3O2S2/c1-5-13-32-22-11-12-23(19(4)14-22)25-20(17-30(28-25)21-9-7-6-8-10-21)15-24-26(31)29(16-18(2)3)27(33)34-24/h5-12,14-15,17-18H,1,13,16H2,2-4H3/b24-15-. The topological polar surface area (TPSA) is 47.4 Å². The summed E-state index contributed by atoms with van der Waals surface area (Å²) in [6.07, 6.45) is 5.59. The molecule has 0 aliphatic carbocycles. The summed E-state index contributed by atoms with van der Waals surface area (Å²) in [4.78, 5) is 15.4. The zero-order valence-corrected chi connectivity index (χ0v) is 21.2. The smallest absolute Gasteiger partial charge is 0.266 e.